The first-order chi connectivity index (χ1) is 12.5. The third-order valence-corrected chi connectivity index (χ3v) is 4.63. The van der Waals surface area contributed by atoms with Gasteiger partial charge < -0.3 is 5.32 Å². The minimum absolute atomic E-state index is 0.0432. The normalized spacial score (nSPS) is 10.4. The van der Waals surface area contributed by atoms with Crippen molar-refractivity contribution in [3.8, 4) is 0 Å². The van der Waals surface area contributed by atoms with Gasteiger partial charge in [-0.1, -0.05) is 23.2 Å². The van der Waals surface area contributed by atoms with Crippen molar-refractivity contribution in [2.45, 2.75) is 6.42 Å². The van der Waals surface area contributed by atoms with Gasteiger partial charge in [-0.15, -0.1) is 11.3 Å². The van der Waals surface area contributed by atoms with E-state index in [1.807, 2.05) is 0 Å². The SMILES string of the molecule is O=C(Cc1csc(NC(=O)c2ncccn2)n1)Nc1ccc(Cl)c(Cl)c1. The number of rotatable bonds is 5. The molecule has 0 aliphatic heterocycles. The molecule has 0 saturated heterocycles. The van der Waals surface area contributed by atoms with Crippen LogP contribution in [0.5, 0.6) is 0 Å². The van der Waals surface area contributed by atoms with Gasteiger partial charge in [0.05, 0.1) is 22.2 Å². The molecule has 2 amide bonds. The summed E-state index contributed by atoms with van der Waals surface area (Å²) in [5, 5.41) is 8.12. The molecule has 2 aromatic heterocycles. The Morgan fingerprint density at radius 3 is 2.58 bits per heavy atom. The van der Waals surface area contributed by atoms with Gasteiger partial charge in [-0.3, -0.25) is 14.9 Å². The second-order valence-electron chi connectivity index (χ2n) is 5.02. The van der Waals surface area contributed by atoms with Crippen molar-refractivity contribution >= 4 is 57.2 Å². The maximum atomic E-state index is 12.1. The van der Waals surface area contributed by atoms with Crippen LogP contribution in [0.2, 0.25) is 10.0 Å². The van der Waals surface area contributed by atoms with E-state index in [1.165, 1.54) is 23.7 Å². The highest BCUT2D eigenvalue weighted by molar-refractivity contribution is 7.14. The molecule has 0 aliphatic carbocycles. The second-order valence-corrected chi connectivity index (χ2v) is 6.70. The van der Waals surface area contributed by atoms with E-state index in [0.717, 1.165) is 0 Å². The Labute approximate surface area is 162 Å². The van der Waals surface area contributed by atoms with Crippen LogP contribution in [0.1, 0.15) is 16.3 Å². The van der Waals surface area contributed by atoms with E-state index in [1.54, 1.807) is 29.6 Å². The van der Waals surface area contributed by atoms with E-state index in [0.29, 0.717) is 26.6 Å². The van der Waals surface area contributed by atoms with E-state index >= 15 is 0 Å². The molecular weight excluding hydrogens is 397 g/mol. The van der Waals surface area contributed by atoms with Crippen molar-refractivity contribution < 1.29 is 9.59 Å². The molecule has 0 spiro atoms. The molecule has 10 heteroatoms. The molecule has 1 aromatic carbocycles. The van der Waals surface area contributed by atoms with E-state index in [2.05, 4.69) is 25.6 Å². The van der Waals surface area contributed by atoms with Crippen molar-refractivity contribution in [1.29, 1.82) is 0 Å². The summed E-state index contributed by atoms with van der Waals surface area (Å²) in [6.45, 7) is 0. The minimum Gasteiger partial charge on any atom is -0.326 e. The third kappa shape index (κ3) is 4.75. The highest BCUT2D eigenvalue weighted by atomic mass is 35.5. The lowest BCUT2D eigenvalue weighted by Gasteiger charge is -2.05. The average Bonchev–Trinajstić information content (AvgIpc) is 3.05. The molecule has 132 valence electrons. The number of amides is 2. The molecule has 0 radical (unpaired) electrons. The highest BCUT2D eigenvalue weighted by Crippen LogP contribution is 2.25. The van der Waals surface area contributed by atoms with Crippen LogP contribution in [0, 0.1) is 0 Å². The van der Waals surface area contributed by atoms with E-state index < -0.39 is 5.91 Å². The standard InChI is InChI=1S/C16H11Cl2N5O2S/c17-11-3-2-9(6-12(11)18)21-13(24)7-10-8-26-16(22-10)23-15(25)14-19-4-1-5-20-14/h1-6,8H,7H2,(H,21,24)(H,22,23,25). The lowest BCUT2D eigenvalue weighted by molar-refractivity contribution is -0.115. The van der Waals surface area contributed by atoms with Gasteiger partial charge in [0.1, 0.15) is 0 Å². The lowest BCUT2D eigenvalue weighted by atomic mass is 10.3. The summed E-state index contributed by atoms with van der Waals surface area (Å²) in [6, 6.07) is 6.43. The van der Waals surface area contributed by atoms with Gasteiger partial charge in [0.25, 0.3) is 5.91 Å². The molecule has 0 saturated carbocycles. The third-order valence-electron chi connectivity index (χ3n) is 3.09. The summed E-state index contributed by atoms with van der Waals surface area (Å²) in [7, 11) is 0. The van der Waals surface area contributed by atoms with Crippen LogP contribution in [-0.2, 0) is 11.2 Å². The first-order valence-corrected chi connectivity index (χ1v) is 8.92. The number of halogens is 2. The molecule has 7 nitrogen and oxygen atoms in total. The number of hydrogen-bond acceptors (Lipinski definition) is 6. The predicted octanol–water partition coefficient (Wildman–Crippen LogP) is 3.67. The van der Waals surface area contributed by atoms with Crippen LogP contribution in [-0.4, -0.2) is 26.8 Å². The smallest absolute Gasteiger partial charge is 0.295 e. The number of nitrogens with zero attached hydrogens (tertiary/aromatic N) is 3. The van der Waals surface area contributed by atoms with E-state index in [-0.39, 0.29) is 18.2 Å². The largest absolute Gasteiger partial charge is 0.326 e. The van der Waals surface area contributed by atoms with Crippen LogP contribution >= 0.6 is 34.5 Å². The van der Waals surface area contributed by atoms with Gasteiger partial charge in [0.2, 0.25) is 11.7 Å². The molecule has 3 rings (SSSR count). The topological polar surface area (TPSA) is 96.9 Å². The summed E-state index contributed by atoms with van der Waals surface area (Å²) in [5.74, 6) is -0.689. The van der Waals surface area contributed by atoms with Gasteiger partial charge in [-0.2, -0.15) is 0 Å². The number of nitrogens with one attached hydrogen (secondary N) is 2. The molecule has 0 atom stereocenters. The Hall–Kier alpha value is -2.55. The predicted molar refractivity (Wildman–Crippen MR) is 101 cm³/mol. The van der Waals surface area contributed by atoms with Gasteiger partial charge in [-0.05, 0) is 24.3 Å². The molecule has 26 heavy (non-hydrogen) atoms. The highest BCUT2D eigenvalue weighted by Gasteiger charge is 2.13. The summed E-state index contributed by atoms with van der Waals surface area (Å²) < 4.78 is 0. The fraction of sp³-hybridized carbons (Fsp3) is 0.0625. The fourth-order valence-electron chi connectivity index (χ4n) is 1.96. The Morgan fingerprint density at radius 1 is 1.08 bits per heavy atom. The fourth-order valence-corrected chi connectivity index (χ4v) is 2.96. The number of benzene rings is 1. The minimum atomic E-state index is -0.466. The number of hydrogen-bond donors (Lipinski definition) is 2. The Balaban J connectivity index is 1.58. The molecule has 3 aromatic rings. The second kappa shape index (κ2) is 8.22. The quantitative estimate of drug-likeness (QED) is 0.672. The van der Waals surface area contributed by atoms with Crippen molar-refractivity contribution in [2.75, 3.05) is 10.6 Å². The number of aromatic nitrogens is 3. The molecule has 0 aliphatic rings. The van der Waals surface area contributed by atoms with Gasteiger partial charge in [0, 0.05) is 23.5 Å². The summed E-state index contributed by atoms with van der Waals surface area (Å²) in [6.07, 6.45) is 3.00. The summed E-state index contributed by atoms with van der Waals surface area (Å²) >= 11 is 13.0. The molecule has 2 N–H and O–H groups in total. The molecule has 0 fully saturated rings. The monoisotopic (exact) mass is 407 g/mol. The molecule has 0 unspecified atom stereocenters. The number of carbonyl (C=O) groups is 2. The number of carbonyl (C=O) groups excluding carboxylic acids is 2. The summed E-state index contributed by atoms with van der Waals surface area (Å²) in [5.41, 5.74) is 1.06. The van der Waals surface area contributed by atoms with Crippen LogP contribution < -0.4 is 10.6 Å². The van der Waals surface area contributed by atoms with Crippen LogP contribution in [0.4, 0.5) is 10.8 Å². The van der Waals surface area contributed by atoms with Crippen molar-refractivity contribution in [3.05, 3.63) is 63.6 Å². The molecular formula is C16H11Cl2N5O2S. The van der Waals surface area contributed by atoms with E-state index in [4.69, 9.17) is 23.2 Å². The zero-order valence-corrected chi connectivity index (χ0v) is 15.4. The van der Waals surface area contributed by atoms with Crippen LogP contribution in [0.25, 0.3) is 0 Å². The lowest BCUT2D eigenvalue weighted by Crippen LogP contribution is -2.16. The first kappa shape index (κ1) is 18.2. The number of thiazole rings is 1. The summed E-state index contributed by atoms with van der Waals surface area (Å²) in [4.78, 5) is 36.0. The van der Waals surface area contributed by atoms with Crippen LogP contribution in [0.15, 0.2) is 42.0 Å². The van der Waals surface area contributed by atoms with Crippen molar-refractivity contribution in [1.82, 2.24) is 15.0 Å². The first-order valence-electron chi connectivity index (χ1n) is 7.29. The number of anilines is 2. The van der Waals surface area contributed by atoms with E-state index in [9.17, 15) is 9.59 Å². The maximum absolute atomic E-state index is 12.1. The maximum Gasteiger partial charge on any atom is 0.295 e. The average molecular weight is 408 g/mol. The zero-order chi connectivity index (χ0) is 18.5. The Morgan fingerprint density at radius 2 is 1.85 bits per heavy atom. The Bertz CT molecular complexity index is 949. The Kier molecular flexibility index (Phi) is 5.77. The van der Waals surface area contributed by atoms with Crippen LogP contribution in [0.3, 0.4) is 0 Å². The van der Waals surface area contributed by atoms with Gasteiger partial charge in [0.15, 0.2) is 5.13 Å². The molecule has 2 heterocycles. The van der Waals surface area contributed by atoms with Gasteiger partial charge >= 0.3 is 0 Å². The molecule has 0 bridgehead atoms. The zero-order valence-electron chi connectivity index (χ0n) is 13.1. The van der Waals surface area contributed by atoms with Crippen molar-refractivity contribution in [2.24, 2.45) is 0 Å². The van der Waals surface area contributed by atoms with Gasteiger partial charge in [-0.25, -0.2) is 15.0 Å². The van der Waals surface area contributed by atoms with Crippen molar-refractivity contribution in [3.63, 3.8) is 0 Å².